The van der Waals surface area contributed by atoms with E-state index < -0.39 is 0 Å². The van der Waals surface area contributed by atoms with E-state index in [1.165, 1.54) is 0 Å². The van der Waals surface area contributed by atoms with Gasteiger partial charge in [0.25, 0.3) is 5.91 Å². The van der Waals surface area contributed by atoms with Gasteiger partial charge in [-0.3, -0.25) is 9.48 Å². The molecule has 0 aliphatic rings. The molecule has 0 atom stereocenters. The van der Waals surface area contributed by atoms with Crippen molar-refractivity contribution in [1.82, 2.24) is 15.1 Å². The molecule has 0 aliphatic carbocycles. The number of aryl methyl sites for hydroxylation is 1. The van der Waals surface area contributed by atoms with Crippen molar-refractivity contribution < 1.29 is 9.53 Å². The molecule has 0 fully saturated rings. The minimum Gasteiger partial charge on any atom is -0.380 e. The number of halogens is 1. The number of carbonyl (C=O) groups excluding carboxylic acids is 1. The van der Waals surface area contributed by atoms with Crippen LogP contribution in [0.5, 0.6) is 0 Å². The number of hydrogen-bond acceptors (Lipinski definition) is 3. The van der Waals surface area contributed by atoms with Crippen LogP contribution in [-0.4, -0.2) is 22.8 Å². The van der Waals surface area contributed by atoms with E-state index in [1.807, 2.05) is 67.1 Å². The second-order valence-corrected chi connectivity index (χ2v) is 7.09. The van der Waals surface area contributed by atoms with E-state index >= 15 is 0 Å². The van der Waals surface area contributed by atoms with Crippen molar-refractivity contribution in [2.24, 2.45) is 0 Å². The highest BCUT2D eigenvalue weighted by Gasteiger charge is 2.19. The van der Waals surface area contributed by atoms with E-state index in [4.69, 9.17) is 16.3 Å². The van der Waals surface area contributed by atoms with Crippen LogP contribution in [0.1, 0.15) is 38.4 Å². The van der Waals surface area contributed by atoms with Crippen molar-refractivity contribution in [3.05, 3.63) is 87.2 Å². The number of hydrogen-bond donors (Lipinski definition) is 1. The molecule has 0 saturated carbocycles. The molecule has 0 bridgehead atoms. The zero-order valence-electron chi connectivity index (χ0n) is 16.3. The van der Waals surface area contributed by atoms with Crippen molar-refractivity contribution >= 4 is 17.5 Å². The predicted octanol–water partition coefficient (Wildman–Crippen LogP) is 4.28. The molecule has 0 unspecified atom stereocenters. The maximum atomic E-state index is 12.8. The minimum atomic E-state index is -0.132. The Morgan fingerprint density at radius 2 is 1.71 bits per heavy atom. The summed E-state index contributed by atoms with van der Waals surface area (Å²) < 4.78 is 7.05. The lowest BCUT2D eigenvalue weighted by Crippen LogP contribution is -2.24. The minimum absolute atomic E-state index is 0.132. The molecule has 1 N–H and O–H groups in total. The molecule has 1 heterocycles. The zero-order chi connectivity index (χ0) is 20.1. The first kappa shape index (κ1) is 20.1. The van der Waals surface area contributed by atoms with Crippen molar-refractivity contribution in [1.29, 1.82) is 0 Å². The highest BCUT2D eigenvalue weighted by Crippen LogP contribution is 2.20. The topological polar surface area (TPSA) is 56.1 Å². The molecule has 0 spiro atoms. The maximum absolute atomic E-state index is 12.8. The van der Waals surface area contributed by atoms with Gasteiger partial charge in [-0.1, -0.05) is 54.1 Å². The lowest BCUT2D eigenvalue weighted by atomic mass is 10.1. The first-order valence-corrected chi connectivity index (χ1v) is 9.50. The van der Waals surface area contributed by atoms with Gasteiger partial charge in [-0.15, -0.1) is 0 Å². The van der Waals surface area contributed by atoms with E-state index in [2.05, 4.69) is 10.4 Å². The van der Waals surface area contributed by atoms with Crippen LogP contribution >= 0.6 is 11.6 Å². The number of nitrogens with zero attached hydrogens (tertiary/aromatic N) is 2. The molecule has 0 radical (unpaired) electrons. The highest BCUT2D eigenvalue weighted by molar-refractivity contribution is 6.31. The number of rotatable bonds is 7. The Morgan fingerprint density at radius 1 is 1.07 bits per heavy atom. The maximum Gasteiger partial charge on any atom is 0.255 e. The Hall–Kier alpha value is -2.63. The fraction of sp³-hybridized carbons (Fsp3) is 0.273. The second-order valence-electron chi connectivity index (χ2n) is 6.68. The van der Waals surface area contributed by atoms with Gasteiger partial charge in [-0.2, -0.15) is 5.10 Å². The monoisotopic (exact) mass is 397 g/mol. The number of methoxy groups -OCH3 is 1. The average Bonchev–Trinajstić information content (AvgIpc) is 2.96. The van der Waals surface area contributed by atoms with Crippen LogP contribution in [0.4, 0.5) is 0 Å². The summed E-state index contributed by atoms with van der Waals surface area (Å²) >= 11 is 6.26. The van der Waals surface area contributed by atoms with E-state index in [0.29, 0.717) is 36.0 Å². The fourth-order valence-electron chi connectivity index (χ4n) is 3.26. The molecule has 5 nitrogen and oxygen atoms in total. The summed E-state index contributed by atoms with van der Waals surface area (Å²) in [6.45, 7) is 5.23. The van der Waals surface area contributed by atoms with Crippen LogP contribution in [0.25, 0.3) is 0 Å². The lowest BCUT2D eigenvalue weighted by molar-refractivity contribution is 0.0949. The van der Waals surface area contributed by atoms with Gasteiger partial charge < -0.3 is 10.1 Å². The van der Waals surface area contributed by atoms with Gasteiger partial charge >= 0.3 is 0 Å². The Kier molecular flexibility index (Phi) is 6.49. The van der Waals surface area contributed by atoms with Crippen molar-refractivity contribution in [2.45, 2.75) is 33.5 Å². The number of aromatic nitrogens is 2. The van der Waals surface area contributed by atoms with E-state index in [9.17, 15) is 4.79 Å². The molecule has 0 aliphatic heterocycles. The quantitative estimate of drug-likeness (QED) is 0.647. The molecule has 0 saturated heterocycles. The van der Waals surface area contributed by atoms with Crippen molar-refractivity contribution in [3.8, 4) is 0 Å². The number of carbonyl (C=O) groups is 1. The number of nitrogens with one attached hydrogen (secondary N) is 1. The smallest absolute Gasteiger partial charge is 0.255 e. The third-order valence-corrected chi connectivity index (χ3v) is 5.11. The third-order valence-electron chi connectivity index (χ3n) is 4.74. The van der Waals surface area contributed by atoms with Gasteiger partial charge in [-0.05, 0) is 36.6 Å². The summed E-state index contributed by atoms with van der Waals surface area (Å²) in [7, 11) is 1.66. The highest BCUT2D eigenvalue weighted by atomic mass is 35.5. The van der Waals surface area contributed by atoms with E-state index in [1.54, 1.807) is 7.11 Å². The molecule has 3 rings (SSSR count). The molecule has 146 valence electrons. The summed E-state index contributed by atoms with van der Waals surface area (Å²) in [6.07, 6.45) is 0. The van der Waals surface area contributed by atoms with E-state index in [0.717, 1.165) is 22.4 Å². The fourth-order valence-corrected chi connectivity index (χ4v) is 3.45. The largest absolute Gasteiger partial charge is 0.380 e. The zero-order valence-corrected chi connectivity index (χ0v) is 17.1. The van der Waals surface area contributed by atoms with Crippen LogP contribution in [0.2, 0.25) is 5.02 Å². The summed E-state index contributed by atoms with van der Waals surface area (Å²) in [5.41, 5.74) is 5.20. The Bertz CT molecular complexity index is 982. The Labute approximate surface area is 170 Å². The number of amides is 1. The SMILES string of the molecule is COCc1ccccc1CNC(=O)c1c(C)nn(Cc2ccccc2Cl)c1C. The average molecular weight is 398 g/mol. The van der Waals surface area contributed by atoms with Gasteiger partial charge in [-0.25, -0.2) is 0 Å². The first-order valence-electron chi connectivity index (χ1n) is 9.12. The third kappa shape index (κ3) is 4.43. The van der Waals surface area contributed by atoms with Gasteiger partial charge in [0.1, 0.15) is 0 Å². The van der Waals surface area contributed by atoms with Crippen molar-refractivity contribution in [3.63, 3.8) is 0 Å². The molecule has 1 aromatic heterocycles. The van der Waals surface area contributed by atoms with Crippen LogP contribution in [0, 0.1) is 13.8 Å². The standard InChI is InChI=1S/C22H24ClN3O2/c1-15-21(16(2)26(25-15)13-18-9-6-7-11-20(18)23)22(27)24-12-17-8-4-5-10-19(17)14-28-3/h4-11H,12-14H2,1-3H3,(H,24,27). The van der Waals surface area contributed by atoms with Crippen LogP contribution in [0.3, 0.4) is 0 Å². The second kappa shape index (κ2) is 9.04. The normalized spacial score (nSPS) is 10.9. The van der Waals surface area contributed by atoms with Crippen molar-refractivity contribution in [2.75, 3.05) is 7.11 Å². The van der Waals surface area contributed by atoms with E-state index in [-0.39, 0.29) is 5.91 Å². The number of ether oxygens (including phenoxy) is 1. The molecule has 6 heteroatoms. The molecule has 2 aromatic carbocycles. The summed E-state index contributed by atoms with van der Waals surface area (Å²) in [5.74, 6) is -0.132. The van der Waals surface area contributed by atoms with Crippen LogP contribution < -0.4 is 5.32 Å². The Morgan fingerprint density at radius 3 is 2.39 bits per heavy atom. The Balaban J connectivity index is 1.76. The first-order chi connectivity index (χ1) is 13.5. The van der Waals surface area contributed by atoms with Gasteiger partial charge in [0.15, 0.2) is 0 Å². The van der Waals surface area contributed by atoms with Crippen LogP contribution in [0.15, 0.2) is 48.5 Å². The van der Waals surface area contributed by atoms with Gasteiger partial charge in [0.05, 0.1) is 24.4 Å². The number of benzene rings is 2. The summed E-state index contributed by atoms with van der Waals surface area (Å²) in [4.78, 5) is 12.8. The molecule has 3 aromatic rings. The molecular formula is C22H24ClN3O2. The lowest BCUT2D eigenvalue weighted by Gasteiger charge is -2.11. The molecular weight excluding hydrogens is 374 g/mol. The summed E-state index contributed by atoms with van der Waals surface area (Å²) in [6, 6.07) is 15.6. The summed E-state index contributed by atoms with van der Waals surface area (Å²) in [5, 5.41) is 8.25. The molecule has 28 heavy (non-hydrogen) atoms. The molecule has 1 amide bonds. The predicted molar refractivity (Wildman–Crippen MR) is 111 cm³/mol. The van der Waals surface area contributed by atoms with Crippen LogP contribution in [-0.2, 0) is 24.4 Å². The van der Waals surface area contributed by atoms with Gasteiger partial charge in [0.2, 0.25) is 0 Å². The van der Waals surface area contributed by atoms with Gasteiger partial charge in [0, 0.05) is 24.4 Å².